The first kappa shape index (κ1) is 26.1. The Balaban J connectivity index is 0.960. The van der Waals surface area contributed by atoms with Crippen LogP contribution in [-0.2, 0) is 0 Å². The zero-order valence-corrected chi connectivity index (χ0v) is 24.7. The molecule has 4 aromatic carbocycles. The first-order valence-electron chi connectivity index (χ1n) is 15.2. The van der Waals surface area contributed by atoms with Gasteiger partial charge in [0.2, 0.25) is 0 Å². The first-order valence-corrected chi connectivity index (χ1v) is 15.2. The van der Waals surface area contributed by atoms with Crippen LogP contribution in [0.1, 0.15) is 0 Å². The minimum atomic E-state index is 0.921. The third kappa shape index (κ3) is 4.54. The summed E-state index contributed by atoms with van der Waals surface area (Å²) in [5, 5.41) is 4.36. The van der Waals surface area contributed by atoms with E-state index in [1.165, 1.54) is 0 Å². The van der Waals surface area contributed by atoms with Gasteiger partial charge in [-0.15, -0.1) is 0 Å². The van der Waals surface area contributed by atoms with Crippen molar-refractivity contribution in [1.82, 2.24) is 24.9 Å². The zero-order chi connectivity index (χ0) is 30.5. The monoisotopic (exact) mass is 587 g/mol. The fourth-order valence-corrected chi connectivity index (χ4v) is 6.15. The van der Waals surface area contributed by atoms with Gasteiger partial charge in [-0.3, -0.25) is 15.0 Å². The van der Waals surface area contributed by atoms with Gasteiger partial charge in [0.1, 0.15) is 0 Å². The van der Waals surface area contributed by atoms with Gasteiger partial charge in [-0.05, 0) is 35.9 Å². The molecular formula is C41H25N5. The van der Waals surface area contributed by atoms with Crippen molar-refractivity contribution in [3.63, 3.8) is 0 Å². The van der Waals surface area contributed by atoms with Crippen molar-refractivity contribution in [2.45, 2.75) is 0 Å². The molecule has 0 amide bonds. The van der Waals surface area contributed by atoms with Crippen molar-refractivity contribution in [2.24, 2.45) is 0 Å². The lowest BCUT2D eigenvalue weighted by Gasteiger charge is -2.08. The molecule has 0 N–H and O–H groups in total. The molecule has 0 bridgehead atoms. The highest BCUT2D eigenvalue weighted by molar-refractivity contribution is 6.04. The summed E-state index contributed by atoms with van der Waals surface area (Å²) in [7, 11) is 0. The van der Waals surface area contributed by atoms with Crippen LogP contribution in [0.25, 0.3) is 88.5 Å². The quantitative estimate of drug-likeness (QED) is 0.192. The maximum Gasteiger partial charge on any atom is 0.0972 e. The second-order valence-electron chi connectivity index (χ2n) is 11.4. The molecule has 0 radical (unpaired) electrons. The summed E-state index contributed by atoms with van der Waals surface area (Å²) in [5.41, 5.74) is 11.8. The molecule has 0 atom stereocenters. The molecule has 0 fully saturated rings. The molecule has 0 aliphatic heterocycles. The molecule has 5 heteroatoms. The summed E-state index contributed by atoms with van der Waals surface area (Å²) in [6, 6.07) is 45.9. The second-order valence-corrected chi connectivity index (χ2v) is 11.4. The van der Waals surface area contributed by atoms with E-state index in [1.807, 2.05) is 30.7 Å². The zero-order valence-electron chi connectivity index (χ0n) is 24.7. The van der Waals surface area contributed by atoms with Gasteiger partial charge in [0.15, 0.2) is 0 Å². The first-order chi connectivity index (χ1) is 22.8. The van der Waals surface area contributed by atoms with Crippen molar-refractivity contribution in [1.29, 1.82) is 0 Å². The molecule has 5 nitrogen and oxygen atoms in total. The summed E-state index contributed by atoms with van der Waals surface area (Å²) >= 11 is 0. The van der Waals surface area contributed by atoms with Gasteiger partial charge >= 0.3 is 0 Å². The Bertz CT molecular complexity index is 2380. The molecule has 0 unspecified atom stereocenters. The van der Waals surface area contributed by atoms with Gasteiger partial charge in [0.25, 0.3) is 0 Å². The highest BCUT2D eigenvalue weighted by atomic mass is 14.8. The molecule has 214 valence electrons. The number of fused-ring (bicyclic) bond motifs is 6. The van der Waals surface area contributed by atoms with Crippen LogP contribution < -0.4 is 0 Å². The van der Waals surface area contributed by atoms with Crippen molar-refractivity contribution >= 4 is 43.6 Å². The summed E-state index contributed by atoms with van der Waals surface area (Å²) in [6.45, 7) is 0. The Morgan fingerprint density at radius 3 is 1.15 bits per heavy atom. The second kappa shape index (κ2) is 10.7. The summed E-state index contributed by atoms with van der Waals surface area (Å²) in [5.74, 6) is 0. The molecule has 46 heavy (non-hydrogen) atoms. The van der Waals surface area contributed by atoms with E-state index < -0.39 is 0 Å². The fraction of sp³-hybridized carbons (Fsp3) is 0. The van der Waals surface area contributed by atoms with Crippen LogP contribution in [-0.4, -0.2) is 24.9 Å². The number of pyridine rings is 5. The molecule has 0 saturated heterocycles. The number of nitrogens with zero attached hydrogens (tertiary/aromatic N) is 5. The normalized spacial score (nSPS) is 11.5. The Labute approximate surface area is 264 Å². The maximum absolute atomic E-state index is 4.99. The van der Waals surface area contributed by atoms with E-state index in [0.29, 0.717) is 0 Å². The molecule has 9 rings (SSSR count). The van der Waals surface area contributed by atoms with Crippen molar-refractivity contribution in [3.05, 3.63) is 152 Å². The Morgan fingerprint density at radius 2 is 0.674 bits per heavy atom. The Hall–Kier alpha value is -6.33. The standard InChI is InChI=1S/C41H25N5/c1-3-30-13-15-32-17-21-36(45-40(32)38(30)42-23-1)28-7-5-26(6-8-28)34-19-20-35(44-25-34)27-9-11-29(12-10-27)37-22-18-33-16-14-31-4-2-24-43-39(31)41(33)46-37/h1-25H. The molecule has 5 heterocycles. The molecule has 0 spiro atoms. The van der Waals surface area contributed by atoms with E-state index in [9.17, 15) is 0 Å². The Morgan fingerprint density at radius 1 is 0.283 bits per heavy atom. The molecule has 0 saturated carbocycles. The van der Waals surface area contributed by atoms with Gasteiger partial charge in [-0.1, -0.05) is 103 Å². The van der Waals surface area contributed by atoms with E-state index in [2.05, 4.69) is 131 Å². The lowest BCUT2D eigenvalue weighted by atomic mass is 10.0. The minimum Gasteiger partial charge on any atom is -0.256 e. The summed E-state index contributed by atoms with van der Waals surface area (Å²) in [4.78, 5) is 24.0. The third-order valence-corrected chi connectivity index (χ3v) is 8.62. The fourth-order valence-electron chi connectivity index (χ4n) is 6.15. The number of aromatic nitrogens is 5. The average molecular weight is 588 g/mol. The van der Waals surface area contributed by atoms with E-state index in [1.54, 1.807) is 0 Å². The van der Waals surface area contributed by atoms with Crippen LogP contribution >= 0.6 is 0 Å². The van der Waals surface area contributed by atoms with Gasteiger partial charge in [-0.2, -0.15) is 0 Å². The van der Waals surface area contributed by atoms with Crippen LogP contribution in [0.4, 0.5) is 0 Å². The van der Waals surface area contributed by atoms with Crippen LogP contribution in [0.2, 0.25) is 0 Å². The Kier molecular flexibility index (Phi) is 6.06. The molecule has 0 aliphatic carbocycles. The highest BCUT2D eigenvalue weighted by Gasteiger charge is 2.09. The topological polar surface area (TPSA) is 64.5 Å². The number of benzene rings is 4. The smallest absolute Gasteiger partial charge is 0.0972 e. The number of rotatable bonds is 4. The minimum absolute atomic E-state index is 0.921. The van der Waals surface area contributed by atoms with Gasteiger partial charge in [0.05, 0.1) is 39.1 Å². The lowest BCUT2D eigenvalue weighted by Crippen LogP contribution is -1.90. The van der Waals surface area contributed by atoms with Crippen LogP contribution in [0.15, 0.2) is 152 Å². The van der Waals surface area contributed by atoms with E-state index in [4.69, 9.17) is 15.0 Å². The van der Waals surface area contributed by atoms with Gasteiger partial charge < -0.3 is 0 Å². The predicted molar refractivity (Wildman–Crippen MR) is 187 cm³/mol. The van der Waals surface area contributed by atoms with Crippen LogP contribution in [0.5, 0.6) is 0 Å². The van der Waals surface area contributed by atoms with Crippen molar-refractivity contribution in [3.8, 4) is 44.9 Å². The molecular weight excluding hydrogens is 562 g/mol. The average Bonchev–Trinajstić information content (AvgIpc) is 3.14. The molecule has 5 aromatic heterocycles. The van der Waals surface area contributed by atoms with E-state index >= 15 is 0 Å². The van der Waals surface area contributed by atoms with Crippen LogP contribution in [0, 0.1) is 0 Å². The van der Waals surface area contributed by atoms with E-state index in [0.717, 1.165) is 88.5 Å². The van der Waals surface area contributed by atoms with Gasteiger partial charge in [-0.25, -0.2) is 9.97 Å². The maximum atomic E-state index is 4.99. The van der Waals surface area contributed by atoms with Crippen LogP contribution in [0.3, 0.4) is 0 Å². The lowest BCUT2D eigenvalue weighted by molar-refractivity contribution is 1.32. The summed E-state index contributed by atoms with van der Waals surface area (Å²) < 4.78 is 0. The SMILES string of the molecule is c1cnc2c(c1)ccc1ccc(-c3ccc(-c4ccc(-c5ccc(-c6ccc7ccc8cccnc8c7n6)cc5)nc4)cc3)nc12. The van der Waals surface area contributed by atoms with Gasteiger partial charge in [0, 0.05) is 62.4 Å². The molecule has 9 aromatic rings. The molecule has 0 aliphatic rings. The summed E-state index contributed by atoms with van der Waals surface area (Å²) in [6.07, 6.45) is 5.58. The largest absolute Gasteiger partial charge is 0.256 e. The number of hydrogen-bond acceptors (Lipinski definition) is 5. The van der Waals surface area contributed by atoms with E-state index in [-0.39, 0.29) is 0 Å². The number of hydrogen-bond donors (Lipinski definition) is 0. The van der Waals surface area contributed by atoms with Crippen molar-refractivity contribution < 1.29 is 0 Å². The third-order valence-electron chi connectivity index (χ3n) is 8.62. The van der Waals surface area contributed by atoms with Crippen molar-refractivity contribution in [2.75, 3.05) is 0 Å². The highest BCUT2D eigenvalue weighted by Crippen LogP contribution is 2.30. The predicted octanol–water partition coefficient (Wildman–Crippen LogP) is 9.94.